The highest BCUT2D eigenvalue weighted by Crippen LogP contribution is 2.33. The third-order valence-electron chi connectivity index (χ3n) is 3.40. The van der Waals surface area contributed by atoms with Crippen molar-refractivity contribution in [3.05, 3.63) is 40.7 Å². The molecule has 1 aliphatic rings. The summed E-state index contributed by atoms with van der Waals surface area (Å²) in [5.74, 6) is 0.441. The monoisotopic (exact) mass is 259 g/mol. The van der Waals surface area contributed by atoms with Crippen LogP contribution in [0.15, 0.2) is 29.5 Å². The van der Waals surface area contributed by atoms with E-state index in [1.165, 1.54) is 0 Å². The van der Waals surface area contributed by atoms with Gasteiger partial charge in [0.15, 0.2) is 5.82 Å². The standard InChI is InChI=1S/C13H17N5O/c1-17-10(5-7-16-17)4-6-14-12-13(19)18(9-8-15-12)11-2-3-11/h5,7-9,11H,2-4,6H2,1H3,(H,14,15). The minimum absolute atomic E-state index is 0.0185. The van der Waals surface area contributed by atoms with Crippen molar-refractivity contribution >= 4 is 5.82 Å². The van der Waals surface area contributed by atoms with Gasteiger partial charge in [-0.15, -0.1) is 0 Å². The zero-order valence-corrected chi connectivity index (χ0v) is 10.9. The summed E-state index contributed by atoms with van der Waals surface area (Å²) < 4.78 is 3.61. The predicted octanol–water partition coefficient (Wildman–Crippen LogP) is 0.966. The van der Waals surface area contributed by atoms with Gasteiger partial charge in [0.2, 0.25) is 0 Å². The molecule has 0 atom stereocenters. The molecule has 0 bridgehead atoms. The molecule has 1 aliphatic carbocycles. The molecule has 0 amide bonds. The largest absolute Gasteiger partial charge is 0.365 e. The van der Waals surface area contributed by atoms with Gasteiger partial charge in [0, 0.05) is 50.3 Å². The summed E-state index contributed by atoms with van der Waals surface area (Å²) in [4.78, 5) is 16.3. The van der Waals surface area contributed by atoms with Crippen molar-refractivity contribution in [1.82, 2.24) is 19.3 Å². The van der Waals surface area contributed by atoms with Crippen LogP contribution in [0.25, 0.3) is 0 Å². The molecule has 3 rings (SSSR count). The average Bonchev–Trinajstić information content (AvgIpc) is 3.16. The van der Waals surface area contributed by atoms with E-state index < -0.39 is 0 Å². The summed E-state index contributed by atoms with van der Waals surface area (Å²) in [7, 11) is 1.91. The Morgan fingerprint density at radius 3 is 2.95 bits per heavy atom. The second-order valence-electron chi connectivity index (χ2n) is 4.84. The maximum atomic E-state index is 12.1. The predicted molar refractivity (Wildman–Crippen MR) is 72.2 cm³/mol. The lowest BCUT2D eigenvalue weighted by Gasteiger charge is -2.08. The number of aromatic nitrogens is 4. The van der Waals surface area contributed by atoms with Crippen molar-refractivity contribution in [2.45, 2.75) is 25.3 Å². The molecule has 0 saturated heterocycles. The van der Waals surface area contributed by atoms with Crippen LogP contribution in [0.2, 0.25) is 0 Å². The fourth-order valence-corrected chi connectivity index (χ4v) is 2.14. The Morgan fingerprint density at radius 1 is 1.42 bits per heavy atom. The minimum Gasteiger partial charge on any atom is -0.365 e. The van der Waals surface area contributed by atoms with Gasteiger partial charge >= 0.3 is 0 Å². The summed E-state index contributed by atoms with van der Waals surface area (Å²) >= 11 is 0. The Hall–Kier alpha value is -2.11. The molecule has 0 aliphatic heterocycles. The van der Waals surface area contributed by atoms with Gasteiger partial charge in [-0.25, -0.2) is 4.98 Å². The molecule has 1 saturated carbocycles. The number of aryl methyl sites for hydroxylation is 1. The zero-order chi connectivity index (χ0) is 13.2. The van der Waals surface area contributed by atoms with E-state index >= 15 is 0 Å². The number of rotatable bonds is 5. The smallest absolute Gasteiger partial charge is 0.293 e. The average molecular weight is 259 g/mol. The molecule has 2 aromatic rings. The third-order valence-corrected chi connectivity index (χ3v) is 3.40. The first kappa shape index (κ1) is 12.0. The lowest BCUT2D eigenvalue weighted by Crippen LogP contribution is -2.24. The summed E-state index contributed by atoms with van der Waals surface area (Å²) in [6.07, 6.45) is 8.24. The molecule has 6 nitrogen and oxygen atoms in total. The van der Waals surface area contributed by atoms with Gasteiger partial charge in [0.05, 0.1) is 0 Å². The van der Waals surface area contributed by atoms with Crippen molar-refractivity contribution in [3.63, 3.8) is 0 Å². The van der Waals surface area contributed by atoms with E-state index in [2.05, 4.69) is 15.4 Å². The highest BCUT2D eigenvalue weighted by Gasteiger charge is 2.25. The molecule has 1 N–H and O–H groups in total. The van der Waals surface area contributed by atoms with Gasteiger partial charge in [0.25, 0.3) is 5.56 Å². The first-order chi connectivity index (χ1) is 9.25. The number of anilines is 1. The number of nitrogens with one attached hydrogen (secondary N) is 1. The van der Waals surface area contributed by atoms with Crippen molar-refractivity contribution < 1.29 is 0 Å². The molecule has 1 fully saturated rings. The van der Waals surface area contributed by atoms with Crippen molar-refractivity contribution in [2.75, 3.05) is 11.9 Å². The van der Waals surface area contributed by atoms with Gasteiger partial charge in [-0.2, -0.15) is 5.10 Å². The van der Waals surface area contributed by atoms with E-state index in [0.29, 0.717) is 18.4 Å². The molecule has 6 heteroatoms. The van der Waals surface area contributed by atoms with Crippen LogP contribution in [-0.2, 0) is 13.5 Å². The molecule has 0 radical (unpaired) electrons. The van der Waals surface area contributed by atoms with Gasteiger partial charge in [0.1, 0.15) is 0 Å². The molecule has 19 heavy (non-hydrogen) atoms. The lowest BCUT2D eigenvalue weighted by molar-refractivity contribution is 0.695. The fraction of sp³-hybridized carbons (Fsp3) is 0.462. The number of nitrogens with zero attached hydrogens (tertiary/aromatic N) is 4. The maximum Gasteiger partial charge on any atom is 0.293 e. The highest BCUT2D eigenvalue weighted by molar-refractivity contribution is 5.31. The summed E-state index contributed by atoms with van der Waals surface area (Å²) in [6, 6.07) is 2.36. The first-order valence-corrected chi connectivity index (χ1v) is 6.53. The Morgan fingerprint density at radius 2 is 2.26 bits per heavy atom. The number of hydrogen-bond acceptors (Lipinski definition) is 4. The highest BCUT2D eigenvalue weighted by atomic mass is 16.1. The molecule has 2 heterocycles. The molecule has 100 valence electrons. The van der Waals surface area contributed by atoms with Crippen molar-refractivity contribution in [3.8, 4) is 0 Å². The second-order valence-corrected chi connectivity index (χ2v) is 4.84. The van der Waals surface area contributed by atoms with Crippen LogP contribution in [-0.4, -0.2) is 25.9 Å². The quantitative estimate of drug-likeness (QED) is 0.869. The van der Waals surface area contributed by atoms with Gasteiger partial charge in [-0.05, 0) is 18.9 Å². The molecule has 0 unspecified atom stereocenters. The number of hydrogen-bond donors (Lipinski definition) is 1. The summed E-state index contributed by atoms with van der Waals surface area (Å²) in [5, 5.41) is 7.23. The molecular formula is C13H17N5O. The van der Waals surface area contributed by atoms with E-state index in [4.69, 9.17) is 0 Å². The Balaban J connectivity index is 1.65. The van der Waals surface area contributed by atoms with Crippen LogP contribution in [0.3, 0.4) is 0 Å². The van der Waals surface area contributed by atoms with Gasteiger partial charge in [-0.3, -0.25) is 9.48 Å². The summed E-state index contributed by atoms with van der Waals surface area (Å²) in [5.41, 5.74) is 1.11. The van der Waals surface area contributed by atoms with Gasteiger partial charge < -0.3 is 9.88 Å². The van der Waals surface area contributed by atoms with Crippen LogP contribution >= 0.6 is 0 Å². The lowest BCUT2D eigenvalue weighted by atomic mass is 10.3. The van der Waals surface area contributed by atoms with Crippen LogP contribution in [0, 0.1) is 0 Å². The molecular weight excluding hydrogens is 242 g/mol. The minimum atomic E-state index is -0.0185. The summed E-state index contributed by atoms with van der Waals surface area (Å²) in [6.45, 7) is 0.677. The molecule has 2 aromatic heterocycles. The molecule has 0 aromatic carbocycles. The Bertz CT molecular complexity index is 626. The fourth-order valence-electron chi connectivity index (χ4n) is 2.14. The molecule has 0 spiro atoms. The van der Waals surface area contributed by atoms with Crippen LogP contribution in [0.5, 0.6) is 0 Å². The normalized spacial score (nSPS) is 14.6. The second kappa shape index (κ2) is 4.87. The van der Waals surface area contributed by atoms with Crippen molar-refractivity contribution in [2.24, 2.45) is 7.05 Å². The zero-order valence-electron chi connectivity index (χ0n) is 10.9. The first-order valence-electron chi connectivity index (χ1n) is 6.53. The third kappa shape index (κ3) is 2.52. The Labute approximate surface area is 111 Å². The van der Waals surface area contributed by atoms with E-state index in [-0.39, 0.29) is 5.56 Å². The topological polar surface area (TPSA) is 64.7 Å². The van der Waals surface area contributed by atoms with Gasteiger partial charge in [-0.1, -0.05) is 0 Å². The van der Waals surface area contributed by atoms with Crippen molar-refractivity contribution in [1.29, 1.82) is 0 Å². The van der Waals surface area contributed by atoms with E-state index in [0.717, 1.165) is 25.0 Å². The maximum absolute atomic E-state index is 12.1. The van der Waals surface area contributed by atoms with E-state index in [1.54, 1.807) is 23.2 Å². The van der Waals surface area contributed by atoms with Crippen LogP contribution in [0.1, 0.15) is 24.6 Å². The Kier molecular flexibility index (Phi) is 3.06. The van der Waals surface area contributed by atoms with Crippen LogP contribution < -0.4 is 10.9 Å². The van der Waals surface area contributed by atoms with Crippen LogP contribution in [0.4, 0.5) is 5.82 Å². The SMILES string of the molecule is Cn1nccc1CCNc1nccn(C2CC2)c1=O. The van der Waals surface area contributed by atoms with E-state index in [1.807, 2.05) is 17.8 Å². The van der Waals surface area contributed by atoms with E-state index in [9.17, 15) is 4.79 Å².